The van der Waals surface area contributed by atoms with Crippen molar-refractivity contribution in [3.8, 4) is 0 Å². The van der Waals surface area contributed by atoms with Crippen LogP contribution in [0.25, 0.3) is 0 Å². The van der Waals surface area contributed by atoms with Gasteiger partial charge >= 0.3 is 0 Å². The molecule has 0 unspecified atom stereocenters. The highest BCUT2D eigenvalue weighted by Crippen LogP contribution is 2.28. The third-order valence-electron chi connectivity index (χ3n) is 2.46. The zero-order chi connectivity index (χ0) is 14.7. The highest BCUT2D eigenvalue weighted by atomic mass is 79.9. The summed E-state index contributed by atoms with van der Waals surface area (Å²) in [6, 6.07) is 5.79. The van der Waals surface area contributed by atoms with Gasteiger partial charge in [-0.15, -0.1) is 0 Å². The van der Waals surface area contributed by atoms with E-state index in [-0.39, 0.29) is 11.6 Å². The Kier molecular flexibility index (Phi) is 4.77. The van der Waals surface area contributed by atoms with E-state index in [9.17, 15) is 8.78 Å². The molecule has 0 bridgehead atoms. The van der Waals surface area contributed by atoms with Crippen molar-refractivity contribution in [2.24, 2.45) is 0 Å². The molecule has 0 aliphatic rings. The fraction of sp³-hybridized carbons (Fsp3) is 0.154. The van der Waals surface area contributed by atoms with E-state index in [2.05, 4.69) is 31.5 Å². The van der Waals surface area contributed by atoms with Gasteiger partial charge in [-0.2, -0.15) is 0 Å². The van der Waals surface area contributed by atoms with Gasteiger partial charge in [-0.3, -0.25) is 0 Å². The van der Waals surface area contributed by atoms with Gasteiger partial charge in [-0.1, -0.05) is 11.6 Å². The fourth-order valence-electron chi connectivity index (χ4n) is 1.56. The van der Waals surface area contributed by atoms with Crippen LogP contribution in [0.4, 0.5) is 26.1 Å². The largest absolute Gasteiger partial charge is 0.368 e. The van der Waals surface area contributed by atoms with Gasteiger partial charge < -0.3 is 10.6 Å². The van der Waals surface area contributed by atoms with Gasteiger partial charge in [-0.05, 0) is 41.1 Å². The second-order valence-electron chi connectivity index (χ2n) is 3.93. The standard InChI is InChI=1S/C13H11BrClF2N3/c1-2-18-12-10(16)6-11(17)13(20-12)19-7-3-4-9(15)8(14)5-7/h3-6H,2H2,1H3,(H2,18,19,20). The van der Waals surface area contributed by atoms with Gasteiger partial charge in [0.05, 0.1) is 5.02 Å². The van der Waals surface area contributed by atoms with E-state index in [1.807, 2.05) is 0 Å². The molecule has 1 aromatic heterocycles. The Hall–Kier alpha value is -1.40. The molecular weight excluding hydrogens is 352 g/mol. The molecule has 0 aliphatic heterocycles. The Bertz CT molecular complexity index is 637. The number of pyridine rings is 1. The number of aromatic nitrogens is 1. The van der Waals surface area contributed by atoms with Crippen LogP contribution in [-0.2, 0) is 0 Å². The van der Waals surface area contributed by atoms with Crippen LogP contribution in [-0.4, -0.2) is 11.5 Å². The second-order valence-corrected chi connectivity index (χ2v) is 5.19. The summed E-state index contributed by atoms with van der Waals surface area (Å²) in [7, 11) is 0. The Morgan fingerprint density at radius 2 is 1.90 bits per heavy atom. The lowest BCUT2D eigenvalue weighted by atomic mass is 10.3. The molecule has 7 heteroatoms. The van der Waals surface area contributed by atoms with Crippen LogP contribution in [0.5, 0.6) is 0 Å². The molecule has 2 rings (SSSR count). The topological polar surface area (TPSA) is 37.0 Å². The normalized spacial score (nSPS) is 10.4. The third kappa shape index (κ3) is 3.37. The van der Waals surface area contributed by atoms with E-state index in [0.717, 1.165) is 6.07 Å². The van der Waals surface area contributed by atoms with Crippen LogP contribution < -0.4 is 10.6 Å². The first kappa shape index (κ1) is 15.0. The lowest BCUT2D eigenvalue weighted by molar-refractivity contribution is 0.579. The quantitative estimate of drug-likeness (QED) is 0.808. The summed E-state index contributed by atoms with van der Waals surface area (Å²) in [4.78, 5) is 3.89. The van der Waals surface area contributed by atoms with Gasteiger partial charge in [0.15, 0.2) is 23.3 Å². The molecule has 0 fully saturated rings. The number of nitrogens with zero attached hydrogens (tertiary/aromatic N) is 1. The molecule has 20 heavy (non-hydrogen) atoms. The first-order valence-electron chi connectivity index (χ1n) is 5.83. The van der Waals surface area contributed by atoms with Crippen molar-refractivity contribution in [2.45, 2.75) is 6.92 Å². The van der Waals surface area contributed by atoms with E-state index in [1.165, 1.54) is 0 Å². The summed E-state index contributed by atoms with van der Waals surface area (Å²) in [6.45, 7) is 2.29. The first-order chi connectivity index (χ1) is 9.51. The zero-order valence-electron chi connectivity index (χ0n) is 10.5. The lowest BCUT2D eigenvalue weighted by Crippen LogP contribution is -2.06. The zero-order valence-corrected chi connectivity index (χ0v) is 12.8. The molecule has 0 aliphatic carbocycles. The van der Waals surface area contributed by atoms with Crippen LogP contribution in [0.2, 0.25) is 5.02 Å². The number of halogens is 4. The molecule has 0 saturated carbocycles. The Labute approximate surface area is 128 Å². The molecule has 0 atom stereocenters. The van der Waals surface area contributed by atoms with Crippen LogP contribution >= 0.6 is 27.5 Å². The molecule has 2 N–H and O–H groups in total. The van der Waals surface area contributed by atoms with Gasteiger partial charge in [0.25, 0.3) is 0 Å². The maximum atomic E-state index is 13.7. The smallest absolute Gasteiger partial charge is 0.169 e. The van der Waals surface area contributed by atoms with Gasteiger partial charge in [0.2, 0.25) is 0 Å². The van der Waals surface area contributed by atoms with Crippen LogP contribution in [0.15, 0.2) is 28.7 Å². The van der Waals surface area contributed by atoms with Gasteiger partial charge in [0, 0.05) is 22.8 Å². The Balaban J connectivity index is 2.32. The average Bonchev–Trinajstić information content (AvgIpc) is 2.39. The third-order valence-corrected chi connectivity index (χ3v) is 3.67. The van der Waals surface area contributed by atoms with Crippen LogP contribution in [0.1, 0.15) is 6.92 Å². The summed E-state index contributed by atoms with van der Waals surface area (Å²) in [5.74, 6) is -1.55. The maximum Gasteiger partial charge on any atom is 0.169 e. The van der Waals surface area contributed by atoms with E-state index in [4.69, 9.17) is 11.6 Å². The van der Waals surface area contributed by atoms with Crippen molar-refractivity contribution >= 4 is 44.9 Å². The molecule has 1 heterocycles. The minimum absolute atomic E-state index is 0.00410. The summed E-state index contributed by atoms with van der Waals surface area (Å²) >= 11 is 9.15. The van der Waals surface area contributed by atoms with Crippen molar-refractivity contribution in [1.82, 2.24) is 4.98 Å². The van der Waals surface area contributed by atoms with Crippen LogP contribution in [0, 0.1) is 11.6 Å². The SMILES string of the molecule is CCNc1nc(Nc2ccc(Cl)c(Br)c2)c(F)cc1F. The van der Waals surface area contributed by atoms with Crippen LogP contribution in [0.3, 0.4) is 0 Å². The number of benzene rings is 1. The molecule has 0 saturated heterocycles. The summed E-state index contributed by atoms with van der Waals surface area (Å²) in [5.41, 5.74) is 0.585. The summed E-state index contributed by atoms with van der Waals surface area (Å²) < 4.78 is 27.8. The Morgan fingerprint density at radius 3 is 2.55 bits per heavy atom. The predicted octanol–water partition coefficient (Wildman–Crippen LogP) is 4.95. The van der Waals surface area contributed by atoms with E-state index < -0.39 is 11.6 Å². The van der Waals surface area contributed by atoms with Crippen molar-refractivity contribution < 1.29 is 8.78 Å². The lowest BCUT2D eigenvalue weighted by Gasteiger charge is -2.11. The number of hydrogen-bond donors (Lipinski definition) is 2. The molecule has 3 nitrogen and oxygen atoms in total. The number of anilines is 3. The van der Waals surface area contributed by atoms with E-state index in [1.54, 1.807) is 25.1 Å². The summed E-state index contributed by atoms with van der Waals surface area (Å²) in [5, 5.41) is 6.05. The van der Waals surface area contributed by atoms with E-state index in [0.29, 0.717) is 21.7 Å². The average molecular weight is 363 g/mol. The molecule has 2 aromatic rings. The molecule has 0 amide bonds. The van der Waals surface area contributed by atoms with Crippen molar-refractivity contribution in [3.05, 3.63) is 45.4 Å². The van der Waals surface area contributed by atoms with Crippen molar-refractivity contribution in [1.29, 1.82) is 0 Å². The molecule has 1 aromatic carbocycles. The molecular formula is C13H11BrClF2N3. The summed E-state index contributed by atoms with van der Waals surface area (Å²) in [6.07, 6.45) is 0. The Morgan fingerprint density at radius 1 is 1.20 bits per heavy atom. The molecule has 0 radical (unpaired) electrons. The number of hydrogen-bond acceptors (Lipinski definition) is 3. The first-order valence-corrected chi connectivity index (χ1v) is 7.00. The van der Waals surface area contributed by atoms with Crippen molar-refractivity contribution in [2.75, 3.05) is 17.2 Å². The van der Waals surface area contributed by atoms with E-state index >= 15 is 0 Å². The highest BCUT2D eigenvalue weighted by molar-refractivity contribution is 9.10. The molecule has 106 valence electrons. The minimum Gasteiger partial charge on any atom is -0.368 e. The minimum atomic E-state index is -0.768. The monoisotopic (exact) mass is 361 g/mol. The maximum absolute atomic E-state index is 13.7. The second kappa shape index (κ2) is 6.37. The van der Waals surface area contributed by atoms with Gasteiger partial charge in [-0.25, -0.2) is 13.8 Å². The molecule has 0 spiro atoms. The van der Waals surface area contributed by atoms with Gasteiger partial charge in [0.1, 0.15) is 0 Å². The highest BCUT2D eigenvalue weighted by Gasteiger charge is 2.12. The van der Waals surface area contributed by atoms with Crippen molar-refractivity contribution in [3.63, 3.8) is 0 Å². The predicted molar refractivity (Wildman–Crippen MR) is 80.8 cm³/mol. The number of nitrogens with one attached hydrogen (secondary N) is 2. The fourth-order valence-corrected chi connectivity index (χ4v) is 2.05. The number of rotatable bonds is 4.